The Bertz CT molecular complexity index is 628. The third kappa shape index (κ3) is 8.95. The molecule has 0 aliphatic rings. The Morgan fingerprint density at radius 3 is 2.48 bits per heavy atom. The minimum absolute atomic E-state index is 0.118. The molecule has 8 heteroatoms. The van der Waals surface area contributed by atoms with Crippen molar-refractivity contribution in [3.05, 3.63) is 29.3 Å². The summed E-state index contributed by atoms with van der Waals surface area (Å²) in [6.45, 7) is 4.60. The molecule has 138 valence electrons. The van der Waals surface area contributed by atoms with Crippen LogP contribution in [0.15, 0.2) is 24.3 Å². The number of nitrogens with one attached hydrogen (secondary N) is 1. The number of esters is 1. The highest BCUT2D eigenvalue weighted by atomic mass is 35.5. The maximum atomic E-state index is 11.9. The van der Waals surface area contributed by atoms with Crippen molar-refractivity contribution in [1.82, 2.24) is 10.2 Å². The van der Waals surface area contributed by atoms with Crippen molar-refractivity contribution in [1.29, 1.82) is 0 Å². The normalized spacial score (nSPS) is 10.8. The van der Waals surface area contributed by atoms with E-state index in [2.05, 4.69) is 5.32 Å². The van der Waals surface area contributed by atoms with E-state index in [0.29, 0.717) is 10.8 Å². The van der Waals surface area contributed by atoms with E-state index in [4.69, 9.17) is 21.1 Å². The van der Waals surface area contributed by atoms with Gasteiger partial charge in [0.25, 0.3) is 5.91 Å². The second-order valence-electron chi connectivity index (χ2n) is 6.45. The van der Waals surface area contributed by atoms with Crippen LogP contribution in [0, 0.1) is 0 Å². The Morgan fingerprint density at radius 1 is 1.20 bits per heavy atom. The van der Waals surface area contributed by atoms with E-state index in [0.717, 1.165) is 0 Å². The number of nitrogens with zero attached hydrogens (tertiary/aromatic N) is 1. The lowest BCUT2D eigenvalue weighted by molar-refractivity contribution is -0.153. The minimum atomic E-state index is -0.694. The van der Waals surface area contributed by atoms with Crippen molar-refractivity contribution in [2.45, 2.75) is 26.3 Å². The Hall–Kier alpha value is -2.28. The van der Waals surface area contributed by atoms with Crippen LogP contribution in [0.5, 0.6) is 5.75 Å². The highest BCUT2D eigenvalue weighted by Gasteiger charge is 2.18. The SMILES string of the molecule is CN(CC(=O)NC(C)(C)C)C(=O)COC(=O)COc1cccc(Cl)c1. The van der Waals surface area contributed by atoms with Crippen molar-refractivity contribution in [2.24, 2.45) is 0 Å². The van der Waals surface area contributed by atoms with Gasteiger partial charge >= 0.3 is 5.97 Å². The first kappa shape index (κ1) is 20.8. The summed E-state index contributed by atoms with van der Waals surface area (Å²) in [4.78, 5) is 36.4. The lowest BCUT2D eigenvalue weighted by atomic mass is 10.1. The second-order valence-corrected chi connectivity index (χ2v) is 6.89. The zero-order chi connectivity index (χ0) is 19.0. The highest BCUT2D eigenvalue weighted by molar-refractivity contribution is 6.30. The van der Waals surface area contributed by atoms with Crippen LogP contribution in [-0.2, 0) is 19.1 Å². The van der Waals surface area contributed by atoms with Crippen LogP contribution >= 0.6 is 11.6 Å². The molecule has 0 spiro atoms. The lowest BCUT2D eigenvalue weighted by Crippen LogP contribution is -2.47. The molecule has 1 N–H and O–H groups in total. The topological polar surface area (TPSA) is 84.9 Å². The largest absolute Gasteiger partial charge is 0.482 e. The summed E-state index contributed by atoms with van der Waals surface area (Å²) >= 11 is 5.80. The standard InChI is InChI=1S/C17H23ClN2O5/c1-17(2,3)19-14(21)9-20(4)15(22)10-25-16(23)11-24-13-7-5-6-12(18)8-13/h5-8H,9-11H2,1-4H3,(H,19,21). The molecule has 7 nitrogen and oxygen atoms in total. The van der Waals surface area contributed by atoms with Gasteiger partial charge in [-0.05, 0) is 39.0 Å². The zero-order valence-electron chi connectivity index (χ0n) is 14.8. The fourth-order valence-corrected chi connectivity index (χ4v) is 1.93. The smallest absolute Gasteiger partial charge is 0.344 e. The van der Waals surface area contributed by atoms with E-state index < -0.39 is 18.5 Å². The molecule has 0 aliphatic heterocycles. The summed E-state index contributed by atoms with van der Waals surface area (Å²) in [5, 5.41) is 3.22. The van der Waals surface area contributed by atoms with Crippen molar-refractivity contribution in [3.8, 4) is 5.75 Å². The summed E-state index contributed by atoms with van der Waals surface area (Å²) in [5.41, 5.74) is -0.384. The van der Waals surface area contributed by atoms with Gasteiger partial charge in [0.1, 0.15) is 5.75 Å². The number of halogens is 1. The van der Waals surface area contributed by atoms with Crippen LogP contribution in [-0.4, -0.2) is 55.0 Å². The molecule has 25 heavy (non-hydrogen) atoms. The maximum absolute atomic E-state index is 11.9. The predicted octanol–water partition coefficient (Wildman–Crippen LogP) is 1.64. The lowest BCUT2D eigenvalue weighted by Gasteiger charge is -2.23. The summed E-state index contributed by atoms with van der Waals surface area (Å²) in [6, 6.07) is 6.56. The van der Waals surface area contributed by atoms with E-state index in [9.17, 15) is 14.4 Å². The van der Waals surface area contributed by atoms with E-state index in [1.54, 1.807) is 24.3 Å². The van der Waals surface area contributed by atoms with E-state index >= 15 is 0 Å². The first-order chi connectivity index (χ1) is 11.6. The molecule has 0 bridgehead atoms. The van der Waals surface area contributed by atoms with Gasteiger partial charge in [-0.2, -0.15) is 0 Å². The molecule has 0 aromatic heterocycles. The number of ether oxygens (including phenoxy) is 2. The Labute approximate surface area is 152 Å². The van der Waals surface area contributed by atoms with Crippen molar-refractivity contribution >= 4 is 29.4 Å². The number of carbonyl (C=O) groups excluding carboxylic acids is 3. The molecule has 0 aliphatic carbocycles. The summed E-state index contributed by atoms with van der Waals surface area (Å²) in [7, 11) is 1.46. The van der Waals surface area contributed by atoms with Gasteiger partial charge in [-0.25, -0.2) is 4.79 Å². The van der Waals surface area contributed by atoms with Crippen LogP contribution < -0.4 is 10.1 Å². The van der Waals surface area contributed by atoms with E-state index in [1.807, 2.05) is 20.8 Å². The minimum Gasteiger partial charge on any atom is -0.482 e. The Balaban J connectivity index is 2.32. The molecule has 1 aromatic rings. The number of hydrogen-bond donors (Lipinski definition) is 1. The van der Waals surface area contributed by atoms with Gasteiger partial charge in [0.05, 0.1) is 6.54 Å². The van der Waals surface area contributed by atoms with E-state index in [-0.39, 0.29) is 24.6 Å². The van der Waals surface area contributed by atoms with E-state index in [1.165, 1.54) is 11.9 Å². The maximum Gasteiger partial charge on any atom is 0.344 e. The first-order valence-electron chi connectivity index (χ1n) is 7.66. The summed E-state index contributed by atoms with van der Waals surface area (Å²) < 4.78 is 10.1. The molecule has 0 fully saturated rings. The monoisotopic (exact) mass is 370 g/mol. The van der Waals surface area contributed by atoms with Crippen molar-refractivity contribution in [3.63, 3.8) is 0 Å². The Morgan fingerprint density at radius 2 is 1.88 bits per heavy atom. The summed E-state index contributed by atoms with van der Waals surface area (Å²) in [6.07, 6.45) is 0. The number of likely N-dealkylation sites (N-methyl/N-ethyl adjacent to an activating group) is 1. The number of benzene rings is 1. The van der Waals surface area contributed by atoms with Crippen LogP contribution in [0.2, 0.25) is 5.02 Å². The molecule has 0 radical (unpaired) electrons. The van der Waals surface area contributed by atoms with Crippen LogP contribution in [0.25, 0.3) is 0 Å². The van der Waals surface area contributed by atoms with Crippen LogP contribution in [0.3, 0.4) is 0 Å². The predicted molar refractivity (Wildman–Crippen MR) is 93.4 cm³/mol. The third-order valence-corrected chi connectivity index (χ3v) is 3.07. The molecule has 0 saturated carbocycles. The molecule has 2 amide bonds. The van der Waals surface area contributed by atoms with Gasteiger partial charge < -0.3 is 19.7 Å². The second kappa shape index (κ2) is 9.27. The van der Waals surface area contributed by atoms with Gasteiger partial charge in [0.15, 0.2) is 13.2 Å². The molecular formula is C17H23ClN2O5. The fraction of sp³-hybridized carbons (Fsp3) is 0.471. The van der Waals surface area contributed by atoms with Gasteiger partial charge in [-0.3, -0.25) is 9.59 Å². The Kier molecular flexibility index (Phi) is 7.70. The average Bonchev–Trinajstić information content (AvgIpc) is 2.48. The van der Waals surface area contributed by atoms with Gasteiger partial charge in [0.2, 0.25) is 5.91 Å². The molecular weight excluding hydrogens is 348 g/mol. The molecule has 1 aromatic carbocycles. The summed E-state index contributed by atoms with van der Waals surface area (Å²) in [5.74, 6) is -1.05. The molecule has 1 rings (SSSR count). The van der Waals surface area contributed by atoms with Crippen LogP contribution in [0.4, 0.5) is 0 Å². The zero-order valence-corrected chi connectivity index (χ0v) is 15.6. The number of rotatable bonds is 7. The highest BCUT2D eigenvalue weighted by Crippen LogP contribution is 2.16. The number of amides is 2. The first-order valence-corrected chi connectivity index (χ1v) is 8.03. The average molecular weight is 371 g/mol. The molecule has 0 unspecified atom stereocenters. The number of carbonyl (C=O) groups is 3. The van der Waals surface area contributed by atoms with Crippen LogP contribution in [0.1, 0.15) is 20.8 Å². The third-order valence-electron chi connectivity index (χ3n) is 2.83. The van der Waals surface area contributed by atoms with Gasteiger partial charge in [-0.1, -0.05) is 17.7 Å². The number of hydrogen-bond acceptors (Lipinski definition) is 5. The van der Waals surface area contributed by atoms with Gasteiger partial charge in [-0.15, -0.1) is 0 Å². The fourth-order valence-electron chi connectivity index (χ4n) is 1.75. The molecule has 0 saturated heterocycles. The van der Waals surface area contributed by atoms with Crippen molar-refractivity contribution < 1.29 is 23.9 Å². The van der Waals surface area contributed by atoms with Gasteiger partial charge in [0, 0.05) is 17.6 Å². The molecule has 0 heterocycles. The quantitative estimate of drug-likeness (QED) is 0.737. The molecule has 0 atom stereocenters. The van der Waals surface area contributed by atoms with Crippen molar-refractivity contribution in [2.75, 3.05) is 26.8 Å².